The van der Waals surface area contributed by atoms with Crippen LogP contribution >= 0.6 is 0 Å². The van der Waals surface area contributed by atoms with Crippen molar-refractivity contribution in [2.24, 2.45) is 0 Å². The van der Waals surface area contributed by atoms with Gasteiger partial charge in [-0.15, -0.1) is 0 Å². The molecule has 22 heavy (non-hydrogen) atoms. The Labute approximate surface area is 128 Å². The van der Waals surface area contributed by atoms with Gasteiger partial charge in [0.05, 0.1) is 6.04 Å². The van der Waals surface area contributed by atoms with E-state index < -0.39 is 0 Å². The lowest BCUT2D eigenvalue weighted by Crippen LogP contribution is -2.28. The summed E-state index contributed by atoms with van der Waals surface area (Å²) in [5.41, 5.74) is 1.14. The molecule has 0 aliphatic heterocycles. The normalized spacial score (nSPS) is 11.8. The Kier molecular flexibility index (Phi) is 4.88. The highest BCUT2D eigenvalue weighted by atomic mass is 16.5. The number of nitrogens with one attached hydrogen (secondary N) is 2. The third-order valence-corrected chi connectivity index (χ3v) is 3.04. The molecule has 116 valence electrons. The predicted octanol–water partition coefficient (Wildman–Crippen LogP) is 2.22. The Morgan fingerprint density at radius 2 is 1.95 bits per heavy atom. The van der Waals surface area contributed by atoms with Gasteiger partial charge in [0, 0.05) is 25.1 Å². The molecule has 0 saturated heterocycles. The number of anilines is 1. The number of hydrogen-bond acceptors (Lipinski definition) is 5. The number of benzene rings is 1. The van der Waals surface area contributed by atoms with E-state index in [2.05, 4.69) is 20.8 Å². The van der Waals surface area contributed by atoms with Crippen LogP contribution in [0, 0.1) is 6.92 Å². The van der Waals surface area contributed by atoms with Crippen molar-refractivity contribution in [3.8, 4) is 0 Å². The van der Waals surface area contributed by atoms with Gasteiger partial charge in [-0.05, 0) is 30.7 Å². The van der Waals surface area contributed by atoms with E-state index in [0.29, 0.717) is 29.4 Å². The van der Waals surface area contributed by atoms with Gasteiger partial charge < -0.3 is 15.2 Å². The molecule has 0 aliphatic carbocycles. The predicted molar refractivity (Wildman–Crippen MR) is 80.3 cm³/mol. The van der Waals surface area contributed by atoms with Gasteiger partial charge in [0.25, 0.3) is 5.91 Å². The Morgan fingerprint density at radius 1 is 1.27 bits per heavy atom. The van der Waals surface area contributed by atoms with Crippen LogP contribution in [0.25, 0.3) is 0 Å². The zero-order valence-electron chi connectivity index (χ0n) is 12.7. The van der Waals surface area contributed by atoms with E-state index in [4.69, 9.17) is 4.52 Å². The SMILES string of the molecule is CCC(NC(=O)c1ccc(NC(C)=O)cc1)c1noc(C)n1. The highest BCUT2D eigenvalue weighted by molar-refractivity contribution is 5.95. The fourth-order valence-corrected chi connectivity index (χ4v) is 1.96. The van der Waals surface area contributed by atoms with E-state index in [0.717, 1.165) is 0 Å². The molecule has 2 N–H and O–H groups in total. The van der Waals surface area contributed by atoms with Crippen molar-refractivity contribution in [2.75, 3.05) is 5.32 Å². The zero-order chi connectivity index (χ0) is 16.1. The quantitative estimate of drug-likeness (QED) is 0.882. The van der Waals surface area contributed by atoms with Crippen LogP contribution < -0.4 is 10.6 Å². The zero-order valence-corrected chi connectivity index (χ0v) is 12.7. The maximum Gasteiger partial charge on any atom is 0.251 e. The van der Waals surface area contributed by atoms with E-state index >= 15 is 0 Å². The number of carbonyl (C=O) groups excluding carboxylic acids is 2. The molecule has 0 radical (unpaired) electrons. The summed E-state index contributed by atoms with van der Waals surface area (Å²) >= 11 is 0. The number of hydrogen-bond donors (Lipinski definition) is 2. The summed E-state index contributed by atoms with van der Waals surface area (Å²) in [4.78, 5) is 27.3. The average molecular weight is 302 g/mol. The lowest BCUT2D eigenvalue weighted by molar-refractivity contribution is -0.114. The molecule has 1 unspecified atom stereocenters. The summed E-state index contributed by atoms with van der Waals surface area (Å²) in [5, 5.41) is 9.34. The van der Waals surface area contributed by atoms with Gasteiger partial charge in [0.1, 0.15) is 0 Å². The maximum absolute atomic E-state index is 12.2. The van der Waals surface area contributed by atoms with Crippen molar-refractivity contribution in [3.05, 3.63) is 41.5 Å². The van der Waals surface area contributed by atoms with Crippen molar-refractivity contribution in [1.29, 1.82) is 0 Å². The van der Waals surface area contributed by atoms with Crippen molar-refractivity contribution in [3.63, 3.8) is 0 Å². The number of aryl methyl sites for hydroxylation is 1. The summed E-state index contributed by atoms with van der Waals surface area (Å²) in [7, 11) is 0. The molecular formula is C15H18N4O3. The minimum atomic E-state index is -0.306. The second-order valence-corrected chi connectivity index (χ2v) is 4.86. The molecule has 0 saturated carbocycles. The van der Waals surface area contributed by atoms with Gasteiger partial charge in [-0.3, -0.25) is 9.59 Å². The lowest BCUT2D eigenvalue weighted by atomic mass is 10.1. The molecule has 0 bridgehead atoms. The first kappa shape index (κ1) is 15.7. The largest absolute Gasteiger partial charge is 0.342 e. The molecule has 1 heterocycles. The Balaban J connectivity index is 2.05. The van der Waals surface area contributed by atoms with Crippen LogP contribution in [0.2, 0.25) is 0 Å². The molecule has 0 spiro atoms. The summed E-state index contributed by atoms with van der Waals surface area (Å²) in [6, 6.07) is 6.34. The van der Waals surface area contributed by atoms with Gasteiger partial charge in [0.2, 0.25) is 11.8 Å². The standard InChI is InChI=1S/C15H18N4O3/c1-4-13(14-17-10(3)22-19-14)18-15(21)11-5-7-12(8-6-11)16-9(2)20/h5-8,13H,4H2,1-3H3,(H,16,20)(H,18,21). The Bertz CT molecular complexity index is 664. The summed E-state index contributed by atoms with van der Waals surface area (Å²) in [6.45, 7) is 5.06. The average Bonchev–Trinajstić information content (AvgIpc) is 2.91. The van der Waals surface area contributed by atoms with Crippen LogP contribution in [0.3, 0.4) is 0 Å². The van der Waals surface area contributed by atoms with E-state index in [1.165, 1.54) is 6.92 Å². The molecule has 2 amide bonds. The Hall–Kier alpha value is -2.70. The molecule has 1 aromatic heterocycles. The van der Waals surface area contributed by atoms with Crippen LogP contribution in [-0.2, 0) is 4.79 Å². The second kappa shape index (κ2) is 6.84. The minimum Gasteiger partial charge on any atom is -0.342 e. The van der Waals surface area contributed by atoms with Crippen LogP contribution in [0.1, 0.15) is 48.4 Å². The maximum atomic E-state index is 12.2. The fourth-order valence-electron chi connectivity index (χ4n) is 1.96. The molecule has 1 aromatic carbocycles. The highest BCUT2D eigenvalue weighted by Crippen LogP contribution is 2.15. The van der Waals surface area contributed by atoms with Crippen LogP contribution in [0.4, 0.5) is 5.69 Å². The van der Waals surface area contributed by atoms with Gasteiger partial charge >= 0.3 is 0 Å². The van der Waals surface area contributed by atoms with E-state index in [1.807, 2.05) is 6.92 Å². The number of rotatable bonds is 5. The first-order chi connectivity index (χ1) is 10.5. The minimum absolute atomic E-state index is 0.157. The van der Waals surface area contributed by atoms with Crippen molar-refractivity contribution in [1.82, 2.24) is 15.5 Å². The number of amides is 2. The van der Waals surface area contributed by atoms with Gasteiger partial charge in [-0.25, -0.2) is 0 Å². The molecule has 2 aromatic rings. The molecule has 0 aliphatic rings. The third kappa shape index (κ3) is 3.91. The van der Waals surface area contributed by atoms with Crippen molar-refractivity contribution in [2.45, 2.75) is 33.2 Å². The number of carbonyl (C=O) groups is 2. The first-order valence-electron chi connectivity index (χ1n) is 6.98. The molecular weight excluding hydrogens is 284 g/mol. The van der Waals surface area contributed by atoms with E-state index in [1.54, 1.807) is 31.2 Å². The summed E-state index contributed by atoms with van der Waals surface area (Å²) in [6.07, 6.45) is 0.648. The smallest absolute Gasteiger partial charge is 0.251 e. The second-order valence-electron chi connectivity index (χ2n) is 4.86. The Morgan fingerprint density at radius 3 is 2.45 bits per heavy atom. The molecule has 2 rings (SSSR count). The van der Waals surface area contributed by atoms with E-state index in [-0.39, 0.29) is 17.9 Å². The van der Waals surface area contributed by atoms with Crippen LogP contribution in [0.5, 0.6) is 0 Å². The molecule has 1 atom stereocenters. The highest BCUT2D eigenvalue weighted by Gasteiger charge is 2.18. The number of nitrogens with zero attached hydrogens (tertiary/aromatic N) is 2. The molecule has 0 fully saturated rings. The third-order valence-electron chi connectivity index (χ3n) is 3.04. The van der Waals surface area contributed by atoms with Gasteiger partial charge in [-0.2, -0.15) is 4.98 Å². The fraction of sp³-hybridized carbons (Fsp3) is 0.333. The molecule has 7 heteroatoms. The number of aromatic nitrogens is 2. The first-order valence-corrected chi connectivity index (χ1v) is 6.98. The van der Waals surface area contributed by atoms with Gasteiger partial charge in [-0.1, -0.05) is 12.1 Å². The van der Waals surface area contributed by atoms with Gasteiger partial charge in [0.15, 0.2) is 5.82 Å². The van der Waals surface area contributed by atoms with Crippen molar-refractivity contribution < 1.29 is 14.1 Å². The topological polar surface area (TPSA) is 97.1 Å². The summed E-state index contributed by atoms with van der Waals surface area (Å²) < 4.78 is 4.93. The van der Waals surface area contributed by atoms with Crippen LogP contribution in [-0.4, -0.2) is 22.0 Å². The van der Waals surface area contributed by atoms with Crippen molar-refractivity contribution >= 4 is 17.5 Å². The van der Waals surface area contributed by atoms with E-state index in [9.17, 15) is 9.59 Å². The molecule has 7 nitrogen and oxygen atoms in total. The monoisotopic (exact) mass is 302 g/mol. The van der Waals surface area contributed by atoms with Crippen LogP contribution in [0.15, 0.2) is 28.8 Å². The lowest BCUT2D eigenvalue weighted by Gasteiger charge is -2.13. The summed E-state index contributed by atoms with van der Waals surface area (Å²) in [5.74, 6) is 0.532.